The molecule has 1 aliphatic rings. The van der Waals surface area contributed by atoms with E-state index < -0.39 is 33.6 Å². The van der Waals surface area contributed by atoms with Crippen LogP contribution in [0.15, 0.2) is 16.6 Å². The fraction of sp³-hybridized carbons (Fsp3) is 0.300. The van der Waals surface area contributed by atoms with Gasteiger partial charge in [-0.1, -0.05) is 0 Å². The number of rotatable bonds is 2. The Balaban J connectivity index is 2.42. The number of halogens is 3. The lowest BCUT2D eigenvalue weighted by atomic mass is 10.2. The van der Waals surface area contributed by atoms with Crippen LogP contribution < -0.4 is 10.6 Å². The van der Waals surface area contributed by atoms with Gasteiger partial charge < -0.3 is 10.6 Å². The Morgan fingerprint density at radius 1 is 1.42 bits per heavy atom. The molecular formula is C10H9BrF2N2O3S. The van der Waals surface area contributed by atoms with E-state index in [-0.39, 0.29) is 22.4 Å². The predicted molar refractivity (Wildman–Crippen MR) is 69.3 cm³/mol. The Morgan fingerprint density at radius 2 is 2.05 bits per heavy atom. The molecule has 0 bridgehead atoms. The second-order valence-electron chi connectivity index (χ2n) is 4.13. The number of benzene rings is 1. The van der Waals surface area contributed by atoms with Crippen molar-refractivity contribution in [2.45, 2.75) is 11.7 Å². The van der Waals surface area contributed by atoms with Crippen LogP contribution in [0.2, 0.25) is 0 Å². The van der Waals surface area contributed by atoms with E-state index in [9.17, 15) is 21.5 Å². The van der Waals surface area contributed by atoms with Gasteiger partial charge in [0.2, 0.25) is 5.91 Å². The first kappa shape index (κ1) is 14.2. The van der Waals surface area contributed by atoms with Crippen LogP contribution in [-0.2, 0) is 15.0 Å². The van der Waals surface area contributed by atoms with Gasteiger partial charge in [-0.2, -0.15) is 8.42 Å². The number of nitrogens with zero attached hydrogens (tertiary/aromatic N) is 1. The van der Waals surface area contributed by atoms with Crippen LogP contribution >= 0.6 is 15.9 Å². The van der Waals surface area contributed by atoms with Crippen molar-refractivity contribution in [1.29, 1.82) is 0 Å². The molecule has 1 atom stereocenters. The summed E-state index contributed by atoms with van der Waals surface area (Å²) in [6.45, 7) is -0.341. The van der Waals surface area contributed by atoms with E-state index in [4.69, 9.17) is 5.73 Å². The number of nitrogen functional groups attached to an aromatic ring is 1. The van der Waals surface area contributed by atoms with Crippen LogP contribution in [0.25, 0.3) is 0 Å². The van der Waals surface area contributed by atoms with Crippen LogP contribution in [0.1, 0.15) is 6.42 Å². The zero-order valence-electron chi connectivity index (χ0n) is 9.44. The fourth-order valence-corrected chi connectivity index (χ4v) is 3.28. The molecule has 1 heterocycles. The van der Waals surface area contributed by atoms with E-state index in [1.54, 1.807) is 0 Å². The molecular weight excluding hydrogens is 346 g/mol. The number of hydrogen-bond acceptors (Lipinski definition) is 4. The van der Waals surface area contributed by atoms with E-state index in [1.807, 2.05) is 0 Å². The lowest BCUT2D eigenvalue weighted by molar-refractivity contribution is -0.117. The monoisotopic (exact) mass is 354 g/mol. The number of nitrogens with two attached hydrogens (primary N) is 1. The normalized spacial score (nSPS) is 20.1. The molecule has 2 N–H and O–H groups in total. The molecule has 1 aromatic rings. The third-order valence-corrected chi connectivity index (χ3v) is 4.53. The summed E-state index contributed by atoms with van der Waals surface area (Å²) in [5.74, 6) is -1.18. The average Bonchev–Trinajstić information content (AvgIpc) is 2.59. The molecule has 9 heteroatoms. The van der Waals surface area contributed by atoms with Gasteiger partial charge in [-0.3, -0.25) is 4.79 Å². The van der Waals surface area contributed by atoms with Crippen molar-refractivity contribution < 1.29 is 21.5 Å². The minimum absolute atomic E-state index is 0.0304. The minimum atomic E-state index is -4.80. The number of carbonyl (C=O) groups is 1. The van der Waals surface area contributed by atoms with Gasteiger partial charge in [0, 0.05) is 17.4 Å². The largest absolute Gasteiger partial charge is 0.397 e. The Morgan fingerprint density at radius 3 is 2.53 bits per heavy atom. The minimum Gasteiger partial charge on any atom is -0.397 e. The van der Waals surface area contributed by atoms with Crippen molar-refractivity contribution in [3.8, 4) is 0 Å². The summed E-state index contributed by atoms with van der Waals surface area (Å²) in [5.41, 5.74) is 5.73. The lowest BCUT2D eigenvalue weighted by Gasteiger charge is -2.20. The molecule has 1 unspecified atom stereocenters. The van der Waals surface area contributed by atoms with Crippen molar-refractivity contribution >= 4 is 43.4 Å². The highest BCUT2D eigenvalue weighted by molar-refractivity contribution is 9.10. The van der Waals surface area contributed by atoms with Gasteiger partial charge in [0.1, 0.15) is 11.1 Å². The molecule has 0 spiro atoms. The van der Waals surface area contributed by atoms with E-state index in [0.717, 1.165) is 17.0 Å². The first-order chi connectivity index (χ1) is 8.70. The molecule has 104 valence electrons. The molecule has 5 nitrogen and oxygen atoms in total. The Hall–Kier alpha value is -1.22. The van der Waals surface area contributed by atoms with Gasteiger partial charge in [0.25, 0.3) is 0 Å². The number of carbonyl (C=O) groups excluding carboxylic acids is 1. The van der Waals surface area contributed by atoms with E-state index in [2.05, 4.69) is 15.9 Å². The molecule has 0 aliphatic carbocycles. The molecule has 19 heavy (non-hydrogen) atoms. The van der Waals surface area contributed by atoms with Crippen LogP contribution in [0, 0.1) is 5.82 Å². The van der Waals surface area contributed by atoms with Gasteiger partial charge in [0.05, 0.1) is 11.4 Å². The maximum absolute atomic E-state index is 13.1. The SMILES string of the molecule is Nc1cc(F)cc(Br)c1N1CC(S(=O)(=O)F)CC1=O. The van der Waals surface area contributed by atoms with Crippen LogP contribution in [0.4, 0.5) is 19.7 Å². The van der Waals surface area contributed by atoms with Crippen molar-refractivity contribution in [2.75, 3.05) is 17.2 Å². The Kier molecular flexibility index (Phi) is 3.52. The van der Waals surface area contributed by atoms with Gasteiger partial charge in [-0.25, -0.2) is 4.39 Å². The topological polar surface area (TPSA) is 80.5 Å². The first-order valence-electron chi connectivity index (χ1n) is 5.18. The smallest absolute Gasteiger partial charge is 0.307 e. The van der Waals surface area contributed by atoms with Crippen molar-refractivity contribution in [2.24, 2.45) is 0 Å². The molecule has 1 aliphatic heterocycles. The van der Waals surface area contributed by atoms with Gasteiger partial charge >= 0.3 is 10.2 Å². The lowest BCUT2D eigenvalue weighted by Crippen LogP contribution is -2.28. The fourth-order valence-electron chi connectivity index (χ4n) is 1.95. The Bertz CT molecular complexity index is 627. The van der Waals surface area contributed by atoms with Crippen LogP contribution in [-0.4, -0.2) is 26.1 Å². The van der Waals surface area contributed by atoms with Gasteiger partial charge in [-0.15, -0.1) is 3.89 Å². The molecule has 0 radical (unpaired) electrons. The summed E-state index contributed by atoms with van der Waals surface area (Å²) in [6, 6.07) is 2.10. The maximum atomic E-state index is 13.1. The van der Waals surface area contributed by atoms with E-state index >= 15 is 0 Å². The number of anilines is 2. The summed E-state index contributed by atoms with van der Waals surface area (Å²) in [6.07, 6.45) is -0.456. The molecule has 0 aromatic heterocycles. The van der Waals surface area contributed by atoms with Crippen LogP contribution in [0.3, 0.4) is 0 Å². The second-order valence-corrected chi connectivity index (χ2v) is 6.60. The zero-order chi connectivity index (χ0) is 14.4. The third-order valence-electron chi connectivity index (χ3n) is 2.82. The average molecular weight is 355 g/mol. The molecule has 0 saturated carbocycles. The molecule has 1 aromatic carbocycles. The summed E-state index contributed by atoms with van der Waals surface area (Å²) >= 11 is 3.05. The quantitative estimate of drug-likeness (QED) is 0.645. The standard InChI is InChI=1S/C10H9BrF2N2O3S/c11-7-1-5(12)2-8(14)10(7)15-4-6(3-9(15)16)19(13,17)18/h1-2,6H,3-4,14H2. The predicted octanol–water partition coefficient (Wildman–Crippen LogP) is 1.58. The summed E-state index contributed by atoms with van der Waals surface area (Å²) < 4.78 is 47.9. The summed E-state index contributed by atoms with van der Waals surface area (Å²) in [5, 5.41) is -1.42. The Labute approximate surface area is 116 Å². The van der Waals surface area contributed by atoms with Crippen molar-refractivity contribution in [3.63, 3.8) is 0 Å². The van der Waals surface area contributed by atoms with E-state index in [1.165, 1.54) is 0 Å². The van der Waals surface area contributed by atoms with Gasteiger partial charge in [-0.05, 0) is 28.1 Å². The van der Waals surface area contributed by atoms with Crippen LogP contribution in [0.5, 0.6) is 0 Å². The molecule has 1 saturated heterocycles. The highest BCUT2D eigenvalue weighted by atomic mass is 79.9. The third kappa shape index (κ3) is 2.71. The first-order valence-corrected chi connectivity index (χ1v) is 7.42. The molecule has 2 rings (SSSR count). The molecule has 1 amide bonds. The summed E-state index contributed by atoms with van der Waals surface area (Å²) in [4.78, 5) is 12.8. The maximum Gasteiger partial charge on any atom is 0.307 e. The van der Waals surface area contributed by atoms with Crippen molar-refractivity contribution in [3.05, 3.63) is 22.4 Å². The highest BCUT2D eigenvalue weighted by Gasteiger charge is 2.40. The molecule has 1 fully saturated rings. The zero-order valence-corrected chi connectivity index (χ0v) is 11.8. The number of hydrogen-bond donors (Lipinski definition) is 1. The number of amides is 1. The van der Waals surface area contributed by atoms with E-state index in [0.29, 0.717) is 0 Å². The highest BCUT2D eigenvalue weighted by Crippen LogP contribution is 2.37. The summed E-state index contributed by atoms with van der Waals surface area (Å²) in [7, 11) is -4.80. The second kappa shape index (κ2) is 4.71. The van der Waals surface area contributed by atoms with Crippen molar-refractivity contribution in [1.82, 2.24) is 0 Å². The van der Waals surface area contributed by atoms with Gasteiger partial charge in [0.15, 0.2) is 0 Å².